The van der Waals surface area contributed by atoms with Gasteiger partial charge in [0, 0.05) is 0 Å². The molecule has 0 saturated heterocycles. The maximum absolute atomic E-state index is 9.89. The first-order chi connectivity index (χ1) is 7.77. The number of hydrogen-bond acceptors (Lipinski definition) is 2. The molecule has 0 amide bonds. The molecule has 2 nitrogen and oxygen atoms in total. The minimum Gasteiger partial charge on any atom is -0.389 e. The maximum Gasteiger partial charge on any atom is 0.0757 e. The lowest BCUT2D eigenvalue weighted by Gasteiger charge is -2.16. The van der Waals surface area contributed by atoms with Crippen molar-refractivity contribution in [2.75, 3.05) is 0 Å². The summed E-state index contributed by atoms with van der Waals surface area (Å²) in [7, 11) is 0. The van der Waals surface area contributed by atoms with Crippen LogP contribution in [-0.4, -0.2) is 22.4 Å². The molecule has 0 aromatic rings. The van der Waals surface area contributed by atoms with Crippen molar-refractivity contribution in [3.05, 3.63) is 47.6 Å². The van der Waals surface area contributed by atoms with E-state index in [1.807, 2.05) is 36.5 Å². The van der Waals surface area contributed by atoms with Crippen LogP contribution in [0.15, 0.2) is 47.6 Å². The fraction of sp³-hybridized carbons (Fsp3) is 0.429. The Morgan fingerprint density at radius 1 is 0.875 bits per heavy atom. The molecule has 2 atom stereocenters. The fourth-order valence-electron chi connectivity index (χ4n) is 2.11. The molecule has 0 saturated carbocycles. The number of allylic oxidation sites excluding steroid dienone is 6. The molecule has 0 bridgehead atoms. The van der Waals surface area contributed by atoms with Crippen molar-refractivity contribution in [2.45, 2.75) is 37.9 Å². The highest BCUT2D eigenvalue weighted by atomic mass is 16.3. The Morgan fingerprint density at radius 2 is 1.31 bits per heavy atom. The highest BCUT2D eigenvalue weighted by Gasteiger charge is 2.16. The minimum absolute atomic E-state index is 0.403. The molecule has 16 heavy (non-hydrogen) atoms. The van der Waals surface area contributed by atoms with Crippen molar-refractivity contribution < 1.29 is 10.2 Å². The number of hydrogen-bond donors (Lipinski definition) is 2. The van der Waals surface area contributed by atoms with E-state index in [-0.39, 0.29) is 0 Å². The van der Waals surface area contributed by atoms with Gasteiger partial charge in [-0.15, -0.1) is 0 Å². The van der Waals surface area contributed by atoms with E-state index < -0.39 is 12.2 Å². The van der Waals surface area contributed by atoms with Gasteiger partial charge in [-0.2, -0.15) is 0 Å². The second-order valence-electron chi connectivity index (χ2n) is 4.36. The fourth-order valence-corrected chi connectivity index (χ4v) is 2.11. The number of aliphatic hydroxyl groups is 2. The Kier molecular flexibility index (Phi) is 3.75. The van der Waals surface area contributed by atoms with Gasteiger partial charge in [-0.05, 0) is 36.8 Å². The molecule has 2 unspecified atom stereocenters. The van der Waals surface area contributed by atoms with Crippen LogP contribution in [0, 0.1) is 0 Å². The topological polar surface area (TPSA) is 40.5 Å². The normalized spacial score (nSPS) is 22.1. The van der Waals surface area contributed by atoms with Crippen LogP contribution in [0.4, 0.5) is 0 Å². The number of rotatable bonds is 5. The Bertz CT molecular complexity index is 325. The molecule has 0 aromatic heterocycles. The highest BCUT2D eigenvalue weighted by Crippen LogP contribution is 2.22. The molecule has 86 valence electrons. The Labute approximate surface area is 96.3 Å². The molecular weight excluding hydrogens is 200 g/mol. The van der Waals surface area contributed by atoms with Crippen molar-refractivity contribution in [3.8, 4) is 0 Å². The monoisotopic (exact) mass is 218 g/mol. The average molecular weight is 218 g/mol. The van der Waals surface area contributed by atoms with E-state index in [0.717, 1.165) is 24.0 Å². The molecule has 0 aliphatic heterocycles. The highest BCUT2D eigenvalue weighted by molar-refractivity contribution is 5.27. The Morgan fingerprint density at radius 3 is 1.62 bits per heavy atom. The van der Waals surface area contributed by atoms with Gasteiger partial charge < -0.3 is 10.2 Å². The van der Waals surface area contributed by atoms with Gasteiger partial charge in [0.05, 0.1) is 12.2 Å². The molecule has 0 aromatic carbocycles. The molecule has 2 aliphatic carbocycles. The van der Waals surface area contributed by atoms with Crippen molar-refractivity contribution in [2.24, 2.45) is 0 Å². The van der Waals surface area contributed by atoms with E-state index in [1.165, 1.54) is 0 Å². The zero-order valence-corrected chi connectivity index (χ0v) is 9.34. The third-order valence-corrected chi connectivity index (χ3v) is 3.17. The SMILES string of the molecule is OC(CCC(O)C1=CC=CC1)C1=CC=CC1. The van der Waals surface area contributed by atoms with Crippen LogP contribution < -0.4 is 0 Å². The largest absolute Gasteiger partial charge is 0.389 e. The van der Waals surface area contributed by atoms with Gasteiger partial charge in [-0.25, -0.2) is 0 Å². The molecule has 0 fully saturated rings. The van der Waals surface area contributed by atoms with Gasteiger partial charge in [0.2, 0.25) is 0 Å². The summed E-state index contributed by atoms with van der Waals surface area (Å²) in [6, 6.07) is 0. The van der Waals surface area contributed by atoms with Gasteiger partial charge >= 0.3 is 0 Å². The third kappa shape index (κ3) is 2.71. The van der Waals surface area contributed by atoms with Crippen LogP contribution in [0.2, 0.25) is 0 Å². The van der Waals surface area contributed by atoms with E-state index in [0.29, 0.717) is 12.8 Å². The Hall–Kier alpha value is -1.12. The van der Waals surface area contributed by atoms with Gasteiger partial charge in [-0.3, -0.25) is 0 Å². The number of aliphatic hydroxyl groups excluding tert-OH is 2. The maximum atomic E-state index is 9.89. The first-order valence-corrected chi connectivity index (χ1v) is 5.84. The summed E-state index contributed by atoms with van der Waals surface area (Å²) in [6.07, 6.45) is 14.1. The van der Waals surface area contributed by atoms with Gasteiger partial charge in [0.15, 0.2) is 0 Å². The average Bonchev–Trinajstić information content (AvgIpc) is 2.95. The minimum atomic E-state index is -0.403. The molecule has 2 heteroatoms. The molecule has 2 rings (SSSR count). The van der Waals surface area contributed by atoms with Gasteiger partial charge in [0.25, 0.3) is 0 Å². The standard InChI is InChI=1S/C14H18O2/c15-13(11-5-1-2-6-11)9-10-14(16)12-7-3-4-8-12/h1-5,7,13-16H,6,8-10H2. The second kappa shape index (κ2) is 5.28. The molecule has 2 aliphatic rings. The second-order valence-corrected chi connectivity index (χ2v) is 4.36. The lowest BCUT2D eigenvalue weighted by Crippen LogP contribution is -2.16. The summed E-state index contributed by atoms with van der Waals surface area (Å²) in [4.78, 5) is 0. The van der Waals surface area contributed by atoms with E-state index >= 15 is 0 Å². The quantitative estimate of drug-likeness (QED) is 0.743. The molecule has 0 spiro atoms. The van der Waals surface area contributed by atoms with E-state index in [9.17, 15) is 10.2 Å². The lowest BCUT2D eigenvalue weighted by molar-refractivity contribution is 0.148. The van der Waals surface area contributed by atoms with E-state index in [4.69, 9.17) is 0 Å². The molecular formula is C14H18O2. The van der Waals surface area contributed by atoms with Crippen molar-refractivity contribution in [1.82, 2.24) is 0 Å². The summed E-state index contributed by atoms with van der Waals surface area (Å²) in [5.41, 5.74) is 2.12. The predicted molar refractivity (Wildman–Crippen MR) is 64.9 cm³/mol. The summed E-state index contributed by atoms with van der Waals surface area (Å²) >= 11 is 0. The van der Waals surface area contributed by atoms with Crippen LogP contribution >= 0.6 is 0 Å². The van der Waals surface area contributed by atoms with Crippen molar-refractivity contribution >= 4 is 0 Å². The van der Waals surface area contributed by atoms with Crippen LogP contribution in [0.1, 0.15) is 25.7 Å². The van der Waals surface area contributed by atoms with Gasteiger partial charge in [-0.1, -0.05) is 36.5 Å². The third-order valence-electron chi connectivity index (χ3n) is 3.17. The molecule has 2 N–H and O–H groups in total. The first-order valence-electron chi connectivity index (χ1n) is 5.84. The Balaban J connectivity index is 1.74. The summed E-state index contributed by atoms with van der Waals surface area (Å²) in [6.45, 7) is 0. The van der Waals surface area contributed by atoms with Gasteiger partial charge in [0.1, 0.15) is 0 Å². The summed E-state index contributed by atoms with van der Waals surface area (Å²) in [5.74, 6) is 0. The predicted octanol–water partition coefficient (Wildman–Crippen LogP) is 2.26. The molecule has 0 radical (unpaired) electrons. The van der Waals surface area contributed by atoms with Crippen molar-refractivity contribution in [3.63, 3.8) is 0 Å². The first kappa shape index (κ1) is 11.4. The van der Waals surface area contributed by atoms with E-state index in [2.05, 4.69) is 0 Å². The zero-order chi connectivity index (χ0) is 11.4. The lowest BCUT2D eigenvalue weighted by atomic mass is 9.98. The molecule has 0 heterocycles. The summed E-state index contributed by atoms with van der Waals surface area (Å²) in [5, 5.41) is 19.8. The summed E-state index contributed by atoms with van der Waals surface area (Å²) < 4.78 is 0. The smallest absolute Gasteiger partial charge is 0.0757 e. The van der Waals surface area contributed by atoms with E-state index in [1.54, 1.807) is 0 Å². The van der Waals surface area contributed by atoms with Crippen LogP contribution in [0.25, 0.3) is 0 Å². The van der Waals surface area contributed by atoms with Crippen LogP contribution in [-0.2, 0) is 0 Å². The van der Waals surface area contributed by atoms with Crippen LogP contribution in [0.5, 0.6) is 0 Å². The van der Waals surface area contributed by atoms with Crippen LogP contribution in [0.3, 0.4) is 0 Å². The van der Waals surface area contributed by atoms with Crippen molar-refractivity contribution in [1.29, 1.82) is 0 Å². The zero-order valence-electron chi connectivity index (χ0n) is 9.34.